The summed E-state index contributed by atoms with van der Waals surface area (Å²) in [5, 5.41) is 0.179. The first kappa shape index (κ1) is 10.1. The van der Waals surface area contributed by atoms with Crippen LogP contribution in [0, 0.1) is 5.82 Å². The monoisotopic (exact) mass is 294 g/mol. The first-order chi connectivity index (χ1) is 6.58. The minimum absolute atomic E-state index is 0.0703. The molecule has 72 valence electrons. The maximum atomic E-state index is 13.1. The number of halogens is 4. The van der Waals surface area contributed by atoms with E-state index in [-0.39, 0.29) is 10.3 Å². The van der Waals surface area contributed by atoms with Gasteiger partial charge in [-0.05, 0) is 22.0 Å². The van der Waals surface area contributed by atoms with Crippen molar-refractivity contribution in [3.05, 3.63) is 32.7 Å². The molecule has 0 fully saturated rings. The number of benzene rings is 1. The summed E-state index contributed by atoms with van der Waals surface area (Å²) in [6, 6.07) is 2.74. The molecule has 0 aliphatic carbocycles. The third-order valence-electron chi connectivity index (χ3n) is 1.62. The molecule has 0 spiro atoms. The standard InChI is InChI=1S/C8H2BrCl2FN2/c9-3-1-5-6(2-4(3)12)14-8(11)7(10)13-5/h1-2H. The van der Waals surface area contributed by atoms with Gasteiger partial charge < -0.3 is 0 Å². The predicted octanol–water partition coefficient (Wildman–Crippen LogP) is 3.84. The van der Waals surface area contributed by atoms with Crippen LogP contribution in [-0.2, 0) is 0 Å². The third kappa shape index (κ3) is 1.69. The second-order valence-electron chi connectivity index (χ2n) is 2.56. The highest BCUT2D eigenvalue weighted by atomic mass is 79.9. The Balaban J connectivity index is 2.83. The van der Waals surface area contributed by atoms with Crippen molar-refractivity contribution in [3.8, 4) is 0 Å². The van der Waals surface area contributed by atoms with E-state index in [0.717, 1.165) is 0 Å². The summed E-state index contributed by atoms with van der Waals surface area (Å²) >= 11 is 14.3. The molecule has 2 aromatic rings. The fourth-order valence-corrected chi connectivity index (χ4v) is 1.61. The highest BCUT2D eigenvalue weighted by molar-refractivity contribution is 9.10. The van der Waals surface area contributed by atoms with Gasteiger partial charge >= 0.3 is 0 Å². The van der Waals surface area contributed by atoms with Gasteiger partial charge in [0, 0.05) is 6.07 Å². The van der Waals surface area contributed by atoms with Crippen LogP contribution in [0.1, 0.15) is 0 Å². The van der Waals surface area contributed by atoms with Crippen LogP contribution in [0.2, 0.25) is 10.3 Å². The van der Waals surface area contributed by atoms with Gasteiger partial charge in [-0.2, -0.15) is 0 Å². The molecule has 2 nitrogen and oxygen atoms in total. The highest BCUT2D eigenvalue weighted by Crippen LogP contribution is 2.25. The van der Waals surface area contributed by atoms with Crippen molar-refractivity contribution >= 4 is 50.2 Å². The molecule has 0 unspecified atom stereocenters. The first-order valence-electron chi connectivity index (χ1n) is 3.56. The molecule has 0 radical (unpaired) electrons. The Morgan fingerprint density at radius 2 is 1.57 bits per heavy atom. The lowest BCUT2D eigenvalue weighted by atomic mass is 10.3. The van der Waals surface area contributed by atoms with Gasteiger partial charge in [-0.1, -0.05) is 23.2 Å². The van der Waals surface area contributed by atoms with Crippen LogP contribution in [0.5, 0.6) is 0 Å². The van der Waals surface area contributed by atoms with Gasteiger partial charge in [-0.25, -0.2) is 14.4 Å². The molecule has 1 aromatic carbocycles. The number of hydrogen-bond donors (Lipinski definition) is 0. The zero-order valence-electron chi connectivity index (χ0n) is 6.56. The summed E-state index contributed by atoms with van der Waals surface area (Å²) in [5.41, 5.74) is 0.868. The van der Waals surface area contributed by atoms with E-state index in [1.807, 2.05) is 0 Å². The molecule has 14 heavy (non-hydrogen) atoms. The van der Waals surface area contributed by atoms with E-state index in [2.05, 4.69) is 25.9 Å². The van der Waals surface area contributed by atoms with Gasteiger partial charge in [-0.3, -0.25) is 0 Å². The zero-order valence-corrected chi connectivity index (χ0v) is 9.66. The summed E-state index contributed by atoms with van der Waals surface area (Å²) in [6.45, 7) is 0. The Morgan fingerprint density at radius 1 is 1.07 bits per heavy atom. The molecule has 0 bridgehead atoms. The molecule has 0 N–H and O–H groups in total. The molecule has 1 heterocycles. The first-order valence-corrected chi connectivity index (χ1v) is 5.10. The second-order valence-corrected chi connectivity index (χ2v) is 4.13. The SMILES string of the molecule is Fc1cc2nc(Cl)c(Cl)nc2cc1Br. The van der Waals surface area contributed by atoms with E-state index < -0.39 is 5.82 Å². The largest absolute Gasteiger partial charge is 0.231 e. The van der Waals surface area contributed by atoms with Gasteiger partial charge in [0.2, 0.25) is 0 Å². The smallest absolute Gasteiger partial charge is 0.167 e. The molecule has 0 atom stereocenters. The topological polar surface area (TPSA) is 25.8 Å². The maximum Gasteiger partial charge on any atom is 0.167 e. The normalized spacial score (nSPS) is 10.9. The van der Waals surface area contributed by atoms with Crippen LogP contribution < -0.4 is 0 Å². The van der Waals surface area contributed by atoms with Gasteiger partial charge in [0.15, 0.2) is 10.3 Å². The predicted molar refractivity (Wildman–Crippen MR) is 57.2 cm³/mol. The molecule has 6 heteroatoms. The van der Waals surface area contributed by atoms with Gasteiger partial charge in [0.25, 0.3) is 0 Å². The summed E-state index contributed by atoms with van der Waals surface area (Å²) < 4.78 is 13.4. The Kier molecular flexibility index (Phi) is 2.60. The van der Waals surface area contributed by atoms with E-state index in [9.17, 15) is 4.39 Å². The molecule has 2 rings (SSSR count). The van der Waals surface area contributed by atoms with Gasteiger partial charge in [0.1, 0.15) is 5.82 Å². The van der Waals surface area contributed by atoms with E-state index in [1.54, 1.807) is 0 Å². The van der Waals surface area contributed by atoms with Crippen LogP contribution in [0.25, 0.3) is 11.0 Å². The quantitative estimate of drug-likeness (QED) is 0.738. The summed E-state index contributed by atoms with van der Waals surface area (Å²) in [6.07, 6.45) is 0. The number of nitrogens with zero attached hydrogens (tertiary/aromatic N) is 2. The number of aromatic nitrogens is 2. The fourth-order valence-electron chi connectivity index (χ4n) is 1.01. The lowest BCUT2D eigenvalue weighted by molar-refractivity contribution is 0.622. The van der Waals surface area contributed by atoms with Crippen LogP contribution in [0.15, 0.2) is 16.6 Å². The Bertz CT molecular complexity index is 429. The van der Waals surface area contributed by atoms with Crippen molar-refractivity contribution in [1.29, 1.82) is 0 Å². The average Bonchev–Trinajstić information content (AvgIpc) is 2.11. The minimum atomic E-state index is -0.412. The van der Waals surface area contributed by atoms with Crippen molar-refractivity contribution in [2.75, 3.05) is 0 Å². The Morgan fingerprint density at radius 3 is 2.14 bits per heavy atom. The van der Waals surface area contributed by atoms with Gasteiger partial charge in [-0.15, -0.1) is 0 Å². The third-order valence-corrected chi connectivity index (χ3v) is 2.86. The van der Waals surface area contributed by atoms with E-state index >= 15 is 0 Å². The summed E-state index contributed by atoms with van der Waals surface area (Å²) in [7, 11) is 0. The molecule has 0 amide bonds. The van der Waals surface area contributed by atoms with Crippen LogP contribution in [0.4, 0.5) is 4.39 Å². The lowest BCUT2D eigenvalue weighted by Gasteiger charge is -2.00. The average molecular weight is 296 g/mol. The summed E-state index contributed by atoms with van der Waals surface area (Å²) in [4.78, 5) is 7.84. The Labute approximate surface area is 97.2 Å². The number of fused-ring (bicyclic) bond motifs is 1. The molecule has 0 aliphatic heterocycles. The van der Waals surface area contributed by atoms with E-state index in [1.165, 1.54) is 12.1 Å². The molecular formula is C8H2BrCl2FN2. The highest BCUT2D eigenvalue weighted by Gasteiger charge is 2.07. The Hall–Kier alpha value is -0.450. The summed E-state index contributed by atoms with van der Waals surface area (Å²) in [5.74, 6) is -0.412. The minimum Gasteiger partial charge on any atom is -0.231 e. The van der Waals surface area contributed by atoms with Crippen molar-refractivity contribution in [3.63, 3.8) is 0 Å². The molecule has 1 aromatic heterocycles. The molecular weight excluding hydrogens is 294 g/mol. The van der Waals surface area contributed by atoms with Gasteiger partial charge in [0.05, 0.1) is 15.5 Å². The zero-order chi connectivity index (χ0) is 10.3. The second kappa shape index (κ2) is 3.61. The van der Waals surface area contributed by atoms with E-state index in [0.29, 0.717) is 15.5 Å². The van der Waals surface area contributed by atoms with E-state index in [4.69, 9.17) is 23.2 Å². The van der Waals surface area contributed by atoms with Crippen molar-refractivity contribution < 1.29 is 4.39 Å². The number of rotatable bonds is 0. The van der Waals surface area contributed by atoms with Crippen molar-refractivity contribution in [2.45, 2.75) is 0 Å². The van der Waals surface area contributed by atoms with Crippen LogP contribution in [-0.4, -0.2) is 9.97 Å². The molecule has 0 saturated heterocycles. The van der Waals surface area contributed by atoms with Crippen molar-refractivity contribution in [1.82, 2.24) is 9.97 Å². The van der Waals surface area contributed by atoms with Crippen LogP contribution >= 0.6 is 39.1 Å². The fraction of sp³-hybridized carbons (Fsp3) is 0. The maximum absolute atomic E-state index is 13.1. The lowest BCUT2D eigenvalue weighted by Crippen LogP contribution is -1.88. The number of hydrogen-bond acceptors (Lipinski definition) is 2. The molecule has 0 aliphatic rings. The van der Waals surface area contributed by atoms with Crippen molar-refractivity contribution in [2.24, 2.45) is 0 Å². The van der Waals surface area contributed by atoms with Crippen LogP contribution in [0.3, 0.4) is 0 Å². The molecule has 0 saturated carbocycles.